The Hall–Kier alpha value is -3.41. The van der Waals surface area contributed by atoms with E-state index in [9.17, 15) is 14.4 Å². The highest BCUT2D eigenvalue weighted by atomic mass is 16.5. The Labute approximate surface area is 144 Å². The molecule has 0 spiro atoms. The van der Waals surface area contributed by atoms with Gasteiger partial charge in [0.15, 0.2) is 6.61 Å². The fourth-order valence-electron chi connectivity index (χ4n) is 2.28. The Balaban J connectivity index is 1.53. The van der Waals surface area contributed by atoms with Gasteiger partial charge in [-0.15, -0.1) is 0 Å². The minimum atomic E-state index is -0.695. The lowest BCUT2D eigenvalue weighted by Crippen LogP contribution is -2.34. The van der Waals surface area contributed by atoms with E-state index < -0.39 is 24.4 Å². The predicted molar refractivity (Wildman–Crippen MR) is 89.8 cm³/mol. The summed E-state index contributed by atoms with van der Waals surface area (Å²) < 4.78 is 10.4. The van der Waals surface area contributed by atoms with E-state index in [2.05, 4.69) is 5.32 Å². The van der Waals surface area contributed by atoms with Gasteiger partial charge in [-0.25, -0.2) is 4.79 Å². The van der Waals surface area contributed by atoms with Crippen molar-refractivity contribution >= 4 is 23.9 Å². The predicted octanol–water partition coefficient (Wildman–Crippen LogP) is 1.96. The van der Waals surface area contributed by atoms with Gasteiger partial charge in [-0.3, -0.25) is 14.9 Å². The molecule has 126 valence electrons. The zero-order valence-electron chi connectivity index (χ0n) is 13.2. The highest BCUT2D eigenvalue weighted by molar-refractivity contribution is 6.05. The second kappa shape index (κ2) is 7.44. The maximum absolute atomic E-state index is 12.0. The standard InChI is InChI=1S/C19H15NO5/c21-17(20-18(22)13-6-2-1-3-7-13)12-25-19(23)15-10-14-8-4-5-9-16(14)24-11-15/h1-10H,11-12H2,(H,20,21,22). The van der Waals surface area contributed by atoms with Crippen LogP contribution in [0.15, 0.2) is 60.2 Å². The zero-order valence-corrected chi connectivity index (χ0v) is 13.2. The van der Waals surface area contributed by atoms with Crippen LogP contribution in [0.3, 0.4) is 0 Å². The molecule has 0 fully saturated rings. The lowest BCUT2D eigenvalue weighted by molar-refractivity contribution is -0.144. The van der Waals surface area contributed by atoms with Crippen LogP contribution in [0.5, 0.6) is 5.75 Å². The Morgan fingerprint density at radius 1 is 1.00 bits per heavy atom. The molecule has 0 saturated carbocycles. The number of hydrogen-bond donors (Lipinski definition) is 1. The molecule has 1 aliphatic heterocycles. The first-order valence-corrected chi connectivity index (χ1v) is 7.62. The molecule has 3 rings (SSSR count). The van der Waals surface area contributed by atoms with Crippen LogP contribution in [-0.4, -0.2) is 31.0 Å². The van der Waals surface area contributed by atoms with Crippen molar-refractivity contribution in [2.75, 3.05) is 13.2 Å². The first-order valence-electron chi connectivity index (χ1n) is 7.62. The van der Waals surface area contributed by atoms with E-state index in [4.69, 9.17) is 9.47 Å². The average molecular weight is 337 g/mol. The Morgan fingerprint density at radius 3 is 2.52 bits per heavy atom. The van der Waals surface area contributed by atoms with Crippen molar-refractivity contribution in [2.45, 2.75) is 0 Å². The Bertz CT molecular complexity index is 842. The van der Waals surface area contributed by atoms with Crippen LogP contribution in [-0.2, 0) is 14.3 Å². The summed E-state index contributed by atoms with van der Waals surface area (Å²) in [7, 11) is 0. The van der Waals surface area contributed by atoms with Gasteiger partial charge in [0.25, 0.3) is 11.8 Å². The number of amides is 2. The van der Waals surface area contributed by atoms with E-state index in [1.54, 1.807) is 42.5 Å². The molecule has 0 radical (unpaired) electrons. The number of rotatable bonds is 4. The Morgan fingerprint density at radius 2 is 1.72 bits per heavy atom. The van der Waals surface area contributed by atoms with Crippen LogP contribution in [0, 0.1) is 0 Å². The van der Waals surface area contributed by atoms with Crippen molar-refractivity contribution in [1.82, 2.24) is 5.32 Å². The number of hydrogen-bond acceptors (Lipinski definition) is 5. The largest absolute Gasteiger partial charge is 0.488 e. The summed E-state index contributed by atoms with van der Waals surface area (Å²) in [5.74, 6) is -1.21. The number of ether oxygens (including phenoxy) is 2. The SMILES string of the molecule is O=C(COC(=O)C1=Cc2ccccc2OC1)NC(=O)c1ccccc1. The second-order valence-electron chi connectivity index (χ2n) is 5.32. The molecule has 1 aliphatic rings. The third-order valence-electron chi connectivity index (χ3n) is 3.52. The minimum absolute atomic E-state index is 0.0699. The van der Waals surface area contributed by atoms with Crippen molar-refractivity contribution in [1.29, 1.82) is 0 Å². The molecule has 1 heterocycles. The number of nitrogens with one attached hydrogen (secondary N) is 1. The lowest BCUT2D eigenvalue weighted by atomic mass is 10.1. The molecule has 0 unspecified atom stereocenters. The maximum atomic E-state index is 12.0. The summed E-state index contributed by atoms with van der Waals surface area (Å²) in [5, 5.41) is 2.16. The summed E-state index contributed by atoms with van der Waals surface area (Å²) in [6.07, 6.45) is 1.66. The number of carbonyl (C=O) groups is 3. The molecule has 6 nitrogen and oxygen atoms in total. The zero-order chi connectivity index (χ0) is 17.6. The molecular formula is C19H15NO5. The molecule has 0 saturated heterocycles. The van der Waals surface area contributed by atoms with Crippen LogP contribution in [0.1, 0.15) is 15.9 Å². The van der Waals surface area contributed by atoms with Gasteiger partial charge < -0.3 is 9.47 Å². The van der Waals surface area contributed by atoms with Crippen molar-refractivity contribution in [3.05, 3.63) is 71.3 Å². The maximum Gasteiger partial charge on any atom is 0.338 e. The first kappa shape index (κ1) is 16.4. The van der Waals surface area contributed by atoms with E-state index >= 15 is 0 Å². The van der Waals surface area contributed by atoms with Crippen LogP contribution < -0.4 is 10.1 Å². The van der Waals surface area contributed by atoms with Gasteiger partial charge in [0, 0.05) is 11.1 Å². The molecule has 1 N–H and O–H groups in total. The van der Waals surface area contributed by atoms with Crippen molar-refractivity contribution < 1.29 is 23.9 Å². The molecular weight excluding hydrogens is 322 g/mol. The molecule has 25 heavy (non-hydrogen) atoms. The van der Waals surface area contributed by atoms with Gasteiger partial charge in [-0.05, 0) is 24.3 Å². The monoisotopic (exact) mass is 337 g/mol. The average Bonchev–Trinajstić information content (AvgIpc) is 2.66. The van der Waals surface area contributed by atoms with Crippen LogP contribution >= 0.6 is 0 Å². The molecule has 2 aromatic carbocycles. The van der Waals surface area contributed by atoms with Crippen LogP contribution in [0.25, 0.3) is 6.08 Å². The van der Waals surface area contributed by atoms with Gasteiger partial charge >= 0.3 is 5.97 Å². The topological polar surface area (TPSA) is 81.7 Å². The van der Waals surface area contributed by atoms with E-state index in [1.807, 2.05) is 18.2 Å². The lowest BCUT2D eigenvalue weighted by Gasteiger charge is -2.16. The van der Waals surface area contributed by atoms with Gasteiger partial charge in [-0.2, -0.15) is 0 Å². The van der Waals surface area contributed by atoms with Crippen molar-refractivity contribution in [3.63, 3.8) is 0 Å². The fourth-order valence-corrected chi connectivity index (χ4v) is 2.28. The quantitative estimate of drug-likeness (QED) is 0.863. The van der Waals surface area contributed by atoms with Crippen LogP contribution in [0.4, 0.5) is 0 Å². The summed E-state index contributed by atoms with van der Waals surface area (Å²) in [6, 6.07) is 15.6. The number of carbonyl (C=O) groups excluding carboxylic acids is 3. The molecule has 6 heteroatoms. The van der Waals surface area contributed by atoms with E-state index in [0.717, 1.165) is 5.56 Å². The minimum Gasteiger partial charge on any atom is -0.488 e. The van der Waals surface area contributed by atoms with Crippen molar-refractivity contribution in [3.8, 4) is 5.75 Å². The molecule has 0 aliphatic carbocycles. The summed E-state index contributed by atoms with van der Waals surface area (Å²) in [5.41, 5.74) is 1.42. The summed E-state index contributed by atoms with van der Waals surface area (Å²) >= 11 is 0. The number of fused-ring (bicyclic) bond motifs is 1. The smallest absolute Gasteiger partial charge is 0.338 e. The van der Waals surface area contributed by atoms with E-state index in [1.165, 1.54) is 0 Å². The number of imide groups is 1. The number of para-hydroxylation sites is 1. The summed E-state index contributed by atoms with van der Waals surface area (Å²) in [4.78, 5) is 35.6. The third kappa shape index (κ3) is 4.11. The highest BCUT2D eigenvalue weighted by Gasteiger charge is 2.19. The second-order valence-corrected chi connectivity index (χ2v) is 5.32. The van der Waals surface area contributed by atoms with Gasteiger partial charge in [0.1, 0.15) is 12.4 Å². The molecule has 0 bridgehead atoms. The van der Waals surface area contributed by atoms with Crippen molar-refractivity contribution in [2.24, 2.45) is 0 Å². The van der Waals surface area contributed by atoms with E-state index in [-0.39, 0.29) is 6.61 Å². The molecule has 2 aromatic rings. The Kier molecular flexibility index (Phi) is 4.89. The van der Waals surface area contributed by atoms with E-state index in [0.29, 0.717) is 16.9 Å². The fraction of sp³-hybridized carbons (Fsp3) is 0.105. The van der Waals surface area contributed by atoms with Gasteiger partial charge in [0.05, 0.1) is 5.57 Å². The molecule has 0 aromatic heterocycles. The first-order chi connectivity index (χ1) is 12.1. The number of esters is 1. The molecule has 0 atom stereocenters. The van der Waals surface area contributed by atoms with Crippen LogP contribution in [0.2, 0.25) is 0 Å². The summed E-state index contributed by atoms with van der Waals surface area (Å²) in [6.45, 7) is -0.475. The third-order valence-corrected chi connectivity index (χ3v) is 3.52. The molecule has 2 amide bonds. The number of benzene rings is 2. The highest BCUT2D eigenvalue weighted by Crippen LogP contribution is 2.25. The van der Waals surface area contributed by atoms with Gasteiger partial charge in [0.2, 0.25) is 0 Å². The normalized spacial score (nSPS) is 12.2. The van der Waals surface area contributed by atoms with Gasteiger partial charge in [-0.1, -0.05) is 36.4 Å².